The molecule has 1 N–H and O–H groups in total. The van der Waals surface area contributed by atoms with E-state index < -0.39 is 0 Å². The maximum absolute atomic E-state index is 13.2. The summed E-state index contributed by atoms with van der Waals surface area (Å²) in [7, 11) is 4.55. The maximum Gasteiger partial charge on any atom is 0.247 e. The standard InChI is InChI=1S/C26H26Cl2N4O4/c1-6-23(33)31-19-9-7-8-15(2)17(19)10-16-11-22(30-14-29-16)32(3)24(34)12-18-25(27)20(35-4)13-21(36-5)26(18)28/h6-9,11,13-14H,1,10,12H2,2-5H3,(H,31,33). The van der Waals surface area contributed by atoms with Crippen LogP contribution in [0.15, 0.2) is 49.3 Å². The van der Waals surface area contributed by atoms with Crippen LogP contribution < -0.4 is 19.7 Å². The van der Waals surface area contributed by atoms with Gasteiger partial charge >= 0.3 is 0 Å². The van der Waals surface area contributed by atoms with E-state index in [0.717, 1.165) is 11.1 Å². The molecule has 0 atom stereocenters. The van der Waals surface area contributed by atoms with Gasteiger partial charge in [0.2, 0.25) is 11.8 Å². The number of ether oxygens (including phenoxy) is 2. The lowest BCUT2D eigenvalue weighted by molar-refractivity contribution is -0.117. The van der Waals surface area contributed by atoms with Crippen molar-refractivity contribution in [1.29, 1.82) is 0 Å². The first-order chi connectivity index (χ1) is 17.2. The van der Waals surface area contributed by atoms with E-state index in [0.29, 0.717) is 40.7 Å². The molecule has 0 radical (unpaired) electrons. The van der Waals surface area contributed by atoms with Gasteiger partial charge in [0.05, 0.1) is 36.4 Å². The van der Waals surface area contributed by atoms with Gasteiger partial charge in [-0.1, -0.05) is 41.9 Å². The van der Waals surface area contributed by atoms with Crippen LogP contribution in [-0.4, -0.2) is 43.0 Å². The molecule has 1 aromatic heterocycles. The summed E-state index contributed by atoms with van der Waals surface area (Å²) < 4.78 is 10.6. The molecule has 2 aromatic carbocycles. The fourth-order valence-electron chi connectivity index (χ4n) is 3.57. The SMILES string of the molecule is C=CC(=O)Nc1cccc(C)c1Cc1cc(N(C)C(=O)Cc2c(Cl)c(OC)cc(OC)c2Cl)ncn1. The highest BCUT2D eigenvalue weighted by Gasteiger charge is 2.22. The predicted molar refractivity (Wildman–Crippen MR) is 142 cm³/mol. The van der Waals surface area contributed by atoms with Crippen LogP contribution in [0.1, 0.15) is 22.4 Å². The number of anilines is 2. The smallest absolute Gasteiger partial charge is 0.247 e. The van der Waals surface area contributed by atoms with Gasteiger partial charge in [-0.3, -0.25) is 14.5 Å². The topological polar surface area (TPSA) is 93.7 Å². The van der Waals surface area contributed by atoms with Gasteiger partial charge < -0.3 is 14.8 Å². The number of amides is 2. The van der Waals surface area contributed by atoms with E-state index in [9.17, 15) is 9.59 Å². The quantitative estimate of drug-likeness (QED) is 0.391. The number of likely N-dealkylation sites (N-methyl/N-ethyl adjacent to an activating group) is 1. The van der Waals surface area contributed by atoms with Crippen molar-refractivity contribution >= 4 is 46.5 Å². The second-order valence-electron chi connectivity index (χ2n) is 7.86. The first kappa shape index (κ1) is 27.0. The van der Waals surface area contributed by atoms with Crippen LogP contribution in [0.4, 0.5) is 11.5 Å². The number of halogens is 2. The fraction of sp³-hybridized carbons (Fsp3) is 0.231. The zero-order chi connectivity index (χ0) is 26.4. The Balaban J connectivity index is 1.86. The van der Waals surface area contributed by atoms with Crippen LogP contribution in [0.2, 0.25) is 10.0 Å². The van der Waals surface area contributed by atoms with Crippen LogP contribution in [0.25, 0.3) is 0 Å². The molecule has 10 heteroatoms. The van der Waals surface area contributed by atoms with Crippen LogP contribution >= 0.6 is 23.2 Å². The van der Waals surface area contributed by atoms with Crippen LogP contribution in [0.5, 0.6) is 11.5 Å². The second-order valence-corrected chi connectivity index (χ2v) is 8.61. The van der Waals surface area contributed by atoms with Gasteiger partial charge in [-0.05, 0) is 30.2 Å². The number of carbonyl (C=O) groups excluding carboxylic acids is 2. The average Bonchev–Trinajstić information content (AvgIpc) is 2.88. The highest BCUT2D eigenvalue weighted by atomic mass is 35.5. The number of nitrogens with one attached hydrogen (secondary N) is 1. The molecule has 0 bridgehead atoms. The minimum Gasteiger partial charge on any atom is -0.495 e. The molecule has 0 aliphatic heterocycles. The third-order valence-corrected chi connectivity index (χ3v) is 6.46. The summed E-state index contributed by atoms with van der Waals surface area (Å²) >= 11 is 12.9. The van der Waals surface area contributed by atoms with Crippen LogP contribution in [-0.2, 0) is 22.4 Å². The fourth-order valence-corrected chi connectivity index (χ4v) is 4.21. The molecular formula is C26H26Cl2N4O4. The van der Waals surface area contributed by atoms with E-state index in [-0.39, 0.29) is 28.3 Å². The number of rotatable bonds is 9. The summed E-state index contributed by atoms with van der Waals surface area (Å²) in [5.74, 6) is 0.503. The van der Waals surface area contributed by atoms with E-state index in [2.05, 4.69) is 21.9 Å². The lowest BCUT2D eigenvalue weighted by Gasteiger charge is -2.19. The van der Waals surface area contributed by atoms with Crippen molar-refractivity contribution in [3.05, 3.63) is 81.7 Å². The summed E-state index contributed by atoms with van der Waals surface area (Å²) in [4.78, 5) is 35.0. The molecule has 3 aromatic rings. The average molecular weight is 529 g/mol. The zero-order valence-electron chi connectivity index (χ0n) is 20.4. The number of aromatic nitrogens is 2. The normalized spacial score (nSPS) is 10.5. The van der Waals surface area contributed by atoms with Gasteiger partial charge in [0.15, 0.2) is 0 Å². The summed E-state index contributed by atoms with van der Waals surface area (Å²) in [6.45, 7) is 5.45. The van der Waals surface area contributed by atoms with E-state index >= 15 is 0 Å². The molecule has 1 heterocycles. The molecule has 3 rings (SSSR count). The van der Waals surface area contributed by atoms with Crippen LogP contribution in [0, 0.1) is 6.92 Å². The highest BCUT2D eigenvalue weighted by molar-refractivity contribution is 6.38. The first-order valence-corrected chi connectivity index (χ1v) is 11.6. The number of aryl methyl sites for hydroxylation is 1. The third kappa shape index (κ3) is 5.95. The molecule has 188 valence electrons. The number of hydrogen-bond donors (Lipinski definition) is 1. The molecule has 0 unspecified atom stereocenters. The van der Waals surface area contributed by atoms with E-state index in [1.54, 1.807) is 19.2 Å². The number of hydrogen-bond acceptors (Lipinski definition) is 6. The van der Waals surface area contributed by atoms with E-state index in [1.165, 1.54) is 31.5 Å². The molecule has 0 spiro atoms. The maximum atomic E-state index is 13.2. The lowest BCUT2D eigenvalue weighted by atomic mass is 10.0. The Kier molecular flexibility index (Phi) is 8.90. The molecule has 0 aliphatic carbocycles. The summed E-state index contributed by atoms with van der Waals surface area (Å²) in [6, 6.07) is 8.91. The number of nitrogens with zero attached hydrogens (tertiary/aromatic N) is 3. The molecule has 8 nitrogen and oxygen atoms in total. The Morgan fingerprint density at radius 2 is 1.75 bits per heavy atom. The summed E-state index contributed by atoms with van der Waals surface area (Å²) in [5.41, 5.74) is 3.61. The van der Waals surface area contributed by atoms with Gasteiger partial charge in [0.1, 0.15) is 23.6 Å². The van der Waals surface area contributed by atoms with Crippen molar-refractivity contribution in [1.82, 2.24) is 9.97 Å². The molecule has 36 heavy (non-hydrogen) atoms. The minimum atomic E-state index is -0.304. The molecule has 0 aliphatic rings. The molecule has 0 fully saturated rings. The zero-order valence-corrected chi connectivity index (χ0v) is 21.9. The first-order valence-electron chi connectivity index (χ1n) is 10.9. The van der Waals surface area contributed by atoms with Crippen molar-refractivity contribution in [2.75, 3.05) is 31.5 Å². The van der Waals surface area contributed by atoms with Gasteiger partial charge in [0, 0.05) is 36.9 Å². The second kappa shape index (κ2) is 11.9. The lowest BCUT2D eigenvalue weighted by Crippen LogP contribution is -2.29. The Morgan fingerprint density at radius 1 is 1.08 bits per heavy atom. The Labute approximate surface area is 219 Å². The molecule has 2 amide bonds. The van der Waals surface area contributed by atoms with Crippen molar-refractivity contribution in [2.24, 2.45) is 0 Å². The third-order valence-electron chi connectivity index (χ3n) is 5.63. The Morgan fingerprint density at radius 3 is 2.36 bits per heavy atom. The highest BCUT2D eigenvalue weighted by Crippen LogP contribution is 2.40. The Bertz CT molecular complexity index is 1290. The van der Waals surface area contributed by atoms with E-state index in [1.807, 2.05) is 25.1 Å². The van der Waals surface area contributed by atoms with Gasteiger partial charge in [-0.25, -0.2) is 9.97 Å². The summed E-state index contributed by atoms with van der Waals surface area (Å²) in [5, 5.41) is 3.30. The monoisotopic (exact) mass is 528 g/mol. The van der Waals surface area contributed by atoms with Crippen molar-refractivity contribution in [3.8, 4) is 11.5 Å². The van der Waals surface area contributed by atoms with E-state index in [4.69, 9.17) is 32.7 Å². The largest absolute Gasteiger partial charge is 0.495 e. The molecule has 0 saturated carbocycles. The predicted octanol–water partition coefficient (Wildman–Crippen LogP) is 5.03. The van der Waals surface area contributed by atoms with Crippen molar-refractivity contribution in [2.45, 2.75) is 19.8 Å². The number of methoxy groups -OCH3 is 2. The molecular weight excluding hydrogens is 503 g/mol. The minimum absolute atomic E-state index is 0.101. The van der Waals surface area contributed by atoms with Crippen molar-refractivity contribution < 1.29 is 19.1 Å². The van der Waals surface area contributed by atoms with Gasteiger partial charge in [0.25, 0.3) is 0 Å². The number of carbonyl (C=O) groups is 2. The van der Waals surface area contributed by atoms with Gasteiger partial charge in [-0.2, -0.15) is 0 Å². The van der Waals surface area contributed by atoms with Gasteiger partial charge in [-0.15, -0.1) is 0 Å². The Hall–Kier alpha value is -3.62. The van der Waals surface area contributed by atoms with Crippen LogP contribution in [0.3, 0.4) is 0 Å². The van der Waals surface area contributed by atoms with Crippen molar-refractivity contribution in [3.63, 3.8) is 0 Å². The number of benzene rings is 2. The molecule has 0 saturated heterocycles. The summed E-state index contributed by atoms with van der Waals surface area (Å²) in [6.07, 6.45) is 2.92.